The number of nitrogens with one attached hydrogen (secondary N) is 1. The molecule has 0 aliphatic heterocycles. The Bertz CT molecular complexity index is 1310. The van der Waals surface area contributed by atoms with Crippen molar-refractivity contribution >= 4 is 30.3 Å². The molecule has 0 bridgehead atoms. The first-order valence-electron chi connectivity index (χ1n) is 10.4. The molecule has 1 heterocycles. The summed E-state index contributed by atoms with van der Waals surface area (Å²) in [5.74, 6) is 0.228. The first kappa shape index (κ1) is 21.5. The van der Waals surface area contributed by atoms with Crippen molar-refractivity contribution in [3.63, 3.8) is 0 Å². The van der Waals surface area contributed by atoms with Crippen LogP contribution >= 0.6 is 0 Å². The van der Waals surface area contributed by atoms with Crippen LogP contribution in [0.1, 0.15) is 22.3 Å². The van der Waals surface area contributed by atoms with Crippen molar-refractivity contribution in [3.05, 3.63) is 89.5 Å². The minimum absolute atomic E-state index is 0.391. The van der Waals surface area contributed by atoms with Crippen LogP contribution in [0.25, 0.3) is 11.0 Å². The summed E-state index contributed by atoms with van der Waals surface area (Å²) in [6.45, 7) is 1.68. The van der Waals surface area contributed by atoms with Gasteiger partial charge in [-0.15, -0.1) is 0 Å². The van der Waals surface area contributed by atoms with Crippen LogP contribution in [-0.2, 0) is 17.8 Å². The lowest BCUT2D eigenvalue weighted by Crippen LogP contribution is -2.26. The number of rotatable bonds is 8. The quantitative estimate of drug-likeness (QED) is 0.268. The van der Waals surface area contributed by atoms with Gasteiger partial charge in [0.25, 0.3) is 0 Å². The molecular formula is C25H24BN3O3. The number of carbonyl (C=O) groups is 1. The van der Waals surface area contributed by atoms with Gasteiger partial charge < -0.3 is 18.6 Å². The van der Waals surface area contributed by atoms with Crippen LogP contribution in [0.3, 0.4) is 0 Å². The Balaban J connectivity index is 1.48. The van der Waals surface area contributed by atoms with Crippen LogP contribution < -0.4 is 15.8 Å². The van der Waals surface area contributed by atoms with E-state index in [0.717, 1.165) is 16.6 Å². The highest BCUT2D eigenvalue weighted by atomic mass is 16.5. The van der Waals surface area contributed by atoms with Gasteiger partial charge in [-0.25, -0.2) is 4.79 Å². The fraction of sp³-hybridized carbons (Fsp3) is 0.200. The number of esters is 1. The van der Waals surface area contributed by atoms with E-state index in [9.17, 15) is 4.79 Å². The molecule has 6 nitrogen and oxygen atoms in total. The Hall–Kier alpha value is -3.74. The average molecular weight is 425 g/mol. The molecule has 2 radical (unpaired) electrons. The van der Waals surface area contributed by atoms with Crippen molar-refractivity contribution in [2.45, 2.75) is 19.5 Å². The van der Waals surface area contributed by atoms with Crippen LogP contribution in [0, 0.1) is 5.41 Å². The molecule has 0 unspecified atom stereocenters. The number of hydrogen-bond donors (Lipinski definition) is 1. The van der Waals surface area contributed by atoms with Gasteiger partial charge in [0, 0.05) is 6.54 Å². The summed E-state index contributed by atoms with van der Waals surface area (Å²) < 4.78 is 14.6. The van der Waals surface area contributed by atoms with Crippen LogP contribution in [-0.4, -0.2) is 36.7 Å². The predicted molar refractivity (Wildman–Crippen MR) is 125 cm³/mol. The number of nitrogens with zero attached hydrogens (tertiary/aromatic N) is 2. The monoisotopic (exact) mass is 425 g/mol. The van der Waals surface area contributed by atoms with Gasteiger partial charge in [0.05, 0.1) is 36.9 Å². The standard InChI is InChI=1S/C25H24BN3O3/c1-31-24(30)19-8-5-10-21(16-19)32-14-6-13-28-22-11-2-3-12-23(22)29(25(28)27)17-18-7-4-9-20(26)15-18/h2-5,7-12,15-16,27H,6,13-14,17H2,1H3. The molecule has 0 atom stereocenters. The molecule has 32 heavy (non-hydrogen) atoms. The Morgan fingerprint density at radius 1 is 0.969 bits per heavy atom. The molecule has 0 saturated carbocycles. The third-order valence-corrected chi connectivity index (χ3v) is 5.32. The zero-order valence-corrected chi connectivity index (χ0v) is 18.0. The number of fused-ring (bicyclic) bond motifs is 1. The minimum atomic E-state index is -0.391. The Morgan fingerprint density at radius 3 is 2.47 bits per heavy atom. The van der Waals surface area contributed by atoms with E-state index in [1.165, 1.54) is 7.11 Å². The number of carbonyl (C=O) groups excluding carboxylic acids is 1. The Morgan fingerprint density at radius 2 is 1.72 bits per heavy atom. The molecule has 0 aliphatic rings. The number of hydrogen-bond acceptors (Lipinski definition) is 4. The molecule has 7 heteroatoms. The largest absolute Gasteiger partial charge is 0.494 e. The summed E-state index contributed by atoms with van der Waals surface area (Å²) in [5, 5.41) is 8.78. The average Bonchev–Trinajstić information content (AvgIpc) is 3.07. The van der Waals surface area contributed by atoms with Crippen LogP contribution in [0.2, 0.25) is 0 Å². The number of methoxy groups -OCH3 is 1. The number of aryl methyl sites for hydroxylation is 1. The maximum absolute atomic E-state index is 11.7. The Labute approximate surface area is 187 Å². The molecule has 3 aromatic carbocycles. The third kappa shape index (κ3) is 4.62. The van der Waals surface area contributed by atoms with Gasteiger partial charge in [-0.3, -0.25) is 5.41 Å². The van der Waals surface area contributed by atoms with Gasteiger partial charge in [-0.1, -0.05) is 47.9 Å². The van der Waals surface area contributed by atoms with Gasteiger partial charge in [0.15, 0.2) is 0 Å². The van der Waals surface area contributed by atoms with Crippen molar-refractivity contribution in [1.29, 1.82) is 5.41 Å². The van der Waals surface area contributed by atoms with Crippen molar-refractivity contribution in [1.82, 2.24) is 9.13 Å². The van der Waals surface area contributed by atoms with Gasteiger partial charge >= 0.3 is 5.97 Å². The number of ether oxygens (including phenoxy) is 2. The molecule has 1 N–H and O–H groups in total. The summed E-state index contributed by atoms with van der Waals surface area (Å²) >= 11 is 0. The number of para-hydroxylation sites is 2. The summed E-state index contributed by atoms with van der Waals surface area (Å²) in [7, 11) is 7.29. The highest BCUT2D eigenvalue weighted by Gasteiger charge is 2.11. The maximum Gasteiger partial charge on any atom is 0.337 e. The molecule has 0 fully saturated rings. The van der Waals surface area contributed by atoms with Crippen molar-refractivity contribution in [2.75, 3.05) is 13.7 Å². The summed E-state index contributed by atoms with van der Waals surface area (Å²) in [6, 6.07) is 22.7. The van der Waals surface area contributed by atoms with E-state index in [4.69, 9.17) is 22.7 Å². The second-order valence-electron chi connectivity index (χ2n) is 7.52. The molecule has 1 aromatic heterocycles. The number of benzene rings is 3. The van der Waals surface area contributed by atoms with Crippen LogP contribution in [0.4, 0.5) is 0 Å². The predicted octanol–water partition coefficient (Wildman–Crippen LogP) is 3.02. The van der Waals surface area contributed by atoms with E-state index < -0.39 is 5.97 Å². The van der Waals surface area contributed by atoms with Crippen molar-refractivity contribution in [2.24, 2.45) is 0 Å². The highest BCUT2D eigenvalue weighted by molar-refractivity contribution is 6.32. The highest BCUT2D eigenvalue weighted by Crippen LogP contribution is 2.16. The fourth-order valence-electron chi connectivity index (χ4n) is 3.80. The zero-order valence-electron chi connectivity index (χ0n) is 18.0. The molecule has 4 aromatic rings. The van der Waals surface area contributed by atoms with Crippen LogP contribution in [0.15, 0.2) is 72.8 Å². The molecule has 0 saturated heterocycles. The van der Waals surface area contributed by atoms with Gasteiger partial charge in [0.2, 0.25) is 5.62 Å². The number of imidazole rings is 1. The Kier molecular flexibility index (Phi) is 6.45. The first-order valence-corrected chi connectivity index (χ1v) is 10.4. The topological polar surface area (TPSA) is 69.2 Å². The second-order valence-corrected chi connectivity index (χ2v) is 7.52. The van der Waals surface area contributed by atoms with E-state index in [1.54, 1.807) is 18.2 Å². The SMILES string of the molecule is [B]c1cccc(Cn2c(=N)n(CCCOc3cccc(C(=O)OC)c3)c3ccccc32)c1. The third-order valence-electron chi connectivity index (χ3n) is 5.32. The number of aromatic nitrogens is 2. The smallest absolute Gasteiger partial charge is 0.337 e. The maximum atomic E-state index is 11.7. The molecule has 0 aliphatic carbocycles. The molecule has 0 amide bonds. The van der Waals surface area contributed by atoms with E-state index in [-0.39, 0.29) is 0 Å². The fourth-order valence-corrected chi connectivity index (χ4v) is 3.80. The summed E-state index contributed by atoms with van der Waals surface area (Å²) in [6.07, 6.45) is 0.714. The van der Waals surface area contributed by atoms with Crippen LogP contribution in [0.5, 0.6) is 5.75 Å². The second kappa shape index (κ2) is 9.60. The normalized spacial score (nSPS) is 10.9. The van der Waals surface area contributed by atoms with E-state index in [1.807, 2.05) is 63.7 Å². The van der Waals surface area contributed by atoms with Crippen molar-refractivity contribution < 1.29 is 14.3 Å². The minimum Gasteiger partial charge on any atom is -0.494 e. The zero-order chi connectivity index (χ0) is 22.5. The lowest BCUT2D eigenvalue weighted by Gasteiger charge is -2.09. The van der Waals surface area contributed by atoms with E-state index in [2.05, 4.69) is 0 Å². The molecule has 0 spiro atoms. The lowest BCUT2D eigenvalue weighted by molar-refractivity contribution is 0.0600. The molecular weight excluding hydrogens is 401 g/mol. The van der Waals surface area contributed by atoms with E-state index in [0.29, 0.717) is 48.5 Å². The molecule has 4 rings (SSSR count). The summed E-state index contributed by atoms with van der Waals surface area (Å²) in [4.78, 5) is 11.7. The summed E-state index contributed by atoms with van der Waals surface area (Å²) in [5.41, 5.74) is 4.67. The van der Waals surface area contributed by atoms with E-state index >= 15 is 0 Å². The first-order chi connectivity index (χ1) is 15.6. The van der Waals surface area contributed by atoms with Gasteiger partial charge in [-0.05, 0) is 42.3 Å². The lowest BCUT2D eigenvalue weighted by atomic mass is 9.94. The van der Waals surface area contributed by atoms with Gasteiger partial charge in [-0.2, -0.15) is 0 Å². The van der Waals surface area contributed by atoms with Crippen molar-refractivity contribution in [3.8, 4) is 5.75 Å². The molecule has 160 valence electrons. The van der Waals surface area contributed by atoms with Gasteiger partial charge in [0.1, 0.15) is 13.6 Å².